The van der Waals surface area contributed by atoms with E-state index in [-0.39, 0.29) is 35.4 Å². The molecule has 5 atom stereocenters. The quantitative estimate of drug-likeness (QED) is 0.745. The van der Waals surface area contributed by atoms with E-state index in [1.165, 1.54) is 6.42 Å². The number of rotatable bonds is 4. The Morgan fingerprint density at radius 2 is 1.89 bits per heavy atom. The summed E-state index contributed by atoms with van der Waals surface area (Å²) in [6, 6.07) is 0.136. The van der Waals surface area contributed by atoms with Crippen LogP contribution in [-0.4, -0.2) is 34.5 Å². The summed E-state index contributed by atoms with van der Waals surface area (Å²) in [6.45, 7) is 11.2. The van der Waals surface area contributed by atoms with E-state index >= 15 is 0 Å². The molecule has 0 radical (unpaired) electrons. The van der Waals surface area contributed by atoms with E-state index in [0.29, 0.717) is 12.5 Å². The minimum absolute atomic E-state index is 0. The molecule has 0 amide bonds. The number of nitrogens with one attached hydrogen (secondary N) is 1. The summed E-state index contributed by atoms with van der Waals surface area (Å²) in [5.41, 5.74) is -0.470. The SMILES string of the molecule is CCC(C)(O)CNC1C2CCC(C)(C1O)C2(C)C.Cl. The predicted octanol–water partition coefficient (Wildman–Crippen LogP) is 2.34. The van der Waals surface area contributed by atoms with Crippen LogP contribution >= 0.6 is 12.4 Å². The smallest absolute Gasteiger partial charge is 0.0754 e. The fourth-order valence-corrected chi connectivity index (χ4v) is 4.05. The molecule has 3 nitrogen and oxygen atoms in total. The maximum absolute atomic E-state index is 10.6. The van der Waals surface area contributed by atoms with E-state index in [2.05, 4.69) is 26.1 Å². The first-order valence-corrected chi connectivity index (χ1v) is 7.29. The second kappa shape index (κ2) is 5.18. The number of aliphatic hydroxyl groups excluding tert-OH is 1. The normalized spacial score (nSPS) is 42.8. The lowest BCUT2D eigenvalue weighted by molar-refractivity contribution is -0.00750. The van der Waals surface area contributed by atoms with Crippen molar-refractivity contribution >= 4 is 12.4 Å². The maximum atomic E-state index is 10.6. The Bertz CT molecular complexity index is 332. The van der Waals surface area contributed by atoms with Crippen molar-refractivity contribution in [3.05, 3.63) is 0 Å². The molecule has 0 aromatic rings. The van der Waals surface area contributed by atoms with E-state index < -0.39 is 5.60 Å². The van der Waals surface area contributed by atoms with E-state index in [4.69, 9.17) is 0 Å². The summed E-state index contributed by atoms with van der Waals surface area (Å²) < 4.78 is 0. The highest BCUT2D eigenvalue weighted by atomic mass is 35.5. The molecule has 114 valence electrons. The van der Waals surface area contributed by atoms with Gasteiger partial charge in [-0.2, -0.15) is 0 Å². The van der Waals surface area contributed by atoms with Crippen LogP contribution in [0.4, 0.5) is 0 Å². The molecule has 2 rings (SSSR count). The average Bonchev–Trinajstić information content (AvgIpc) is 2.59. The van der Waals surface area contributed by atoms with Gasteiger partial charge in [-0.25, -0.2) is 0 Å². The Morgan fingerprint density at radius 1 is 1.32 bits per heavy atom. The van der Waals surface area contributed by atoms with Gasteiger partial charge in [0.2, 0.25) is 0 Å². The molecule has 0 saturated heterocycles. The third-order valence-corrected chi connectivity index (χ3v) is 6.28. The molecule has 4 heteroatoms. The molecule has 19 heavy (non-hydrogen) atoms. The zero-order valence-electron chi connectivity index (χ0n) is 12.9. The summed E-state index contributed by atoms with van der Waals surface area (Å²) in [5.74, 6) is 0.519. The van der Waals surface area contributed by atoms with E-state index in [0.717, 1.165) is 12.8 Å². The molecule has 2 fully saturated rings. The van der Waals surface area contributed by atoms with Crippen molar-refractivity contribution in [1.29, 1.82) is 0 Å². The summed E-state index contributed by atoms with van der Waals surface area (Å²) in [4.78, 5) is 0. The Morgan fingerprint density at radius 3 is 2.32 bits per heavy atom. The molecule has 0 heterocycles. The summed E-state index contributed by atoms with van der Waals surface area (Å²) in [5, 5.41) is 24.1. The Labute approximate surface area is 123 Å². The van der Waals surface area contributed by atoms with Gasteiger partial charge in [0.05, 0.1) is 11.7 Å². The van der Waals surface area contributed by atoms with Gasteiger partial charge in [0.15, 0.2) is 0 Å². The molecule has 2 aliphatic carbocycles. The molecule has 0 spiro atoms. The topological polar surface area (TPSA) is 52.5 Å². The third kappa shape index (κ3) is 2.44. The van der Waals surface area contributed by atoms with E-state index in [1.54, 1.807) is 0 Å². The van der Waals surface area contributed by atoms with Crippen molar-refractivity contribution in [2.45, 2.75) is 71.6 Å². The lowest BCUT2D eigenvalue weighted by Gasteiger charge is -2.37. The minimum Gasteiger partial charge on any atom is -0.391 e. The van der Waals surface area contributed by atoms with Crippen LogP contribution in [0.2, 0.25) is 0 Å². The van der Waals surface area contributed by atoms with Crippen molar-refractivity contribution < 1.29 is 10.2 Å². The van der Waals surface area contributed by atoms with E-state index in [1.807, 2.05) is 13.8 Å². The number of hydrogen-bond donors (Lipinski definition) is 3. The van der Waals surface area contributed by atoms with Gasteiger partial charge in [0.1, 0.15) is 0 Å². The van der Waals surface area contributed by atoms with Crippen LogP contribution in [0, 0.1) is 16.7 Å². The van der Waals surface area contributed by atoms with Crippen molar-refractivity contribution in [2.24, 2.45) is 16.7 Å². The fraction of sp³-hybridized carbons (Fsp3) is 1.00. The molecular weight excluding hydrogens is 262 g/mol. The van der Waals surface area contributed by atoms with Crippen molar-refractivity contribution in [1.82, 2.24) is 5.32 Å². The first-order chi connectivity index (χ1) is 8.16. The lowest BCUT2D eigenvalue weighted by Crippen LogP contribution is -2.51. The van der Waals surface area contributed by atoms with Crippen LogP contribution in [0.15, 0.2) is 0 Å². The molecule has 2 bridgehead atoms. The number of fused-ring (bicyclic) bond motifs is 2. The zero-order valence-corrected chi connectivity index (χ0v) is 13.7. The van der Waals surface area contributed by atoms with Crippen molar-refractivity contribution in [3.8, 4) is 0 Å². The van der Waals surface area contributed by atoms with Gasteiger partial charge >= 0.3 is 0 Å². The molecule has 2 saturated carbocycles. The van der Waals surface area contributed by atoms with E-state index in [9.17, 15) is 10.2 Å². The summed E-state index contributed by atoms with van der Waals surface area (Å²) in [6.07, 6.45) is 2.74. The average molecular weight is 292 g/mol. The van der Waals surface area contributed by atoms with Crippen molar-refractivity contribution in [3.63, 3.8) is 0 Å². The molecule has 0 aromatic carbocycles. The van der Waals surface area contributed by atoms with Gasteiger partial charge in [-0.15, -0.1) is 12.4 Å². The zero-order chi connectivity index (χ0) is 13.8. The highest BCUT2D eigenvalue weighted by Gasteiger charge is 2.65. The summed E-state index contributed by atoms with van der Waals surface area (Å²) in [7, 11) is 0. The molecule has 3 N–H and O–H groups in total. The molecular formula is C15H30ClNO2. The molecule has 0 aliphatic heterocycles. The van der Waals surface area contributed by atoms with Crippen LogP contribution in [0.3, 0.4) is 0 Å². The fourth-order valence-electron chi connectivity index (χ4n) is 4.05. The number of halogens is 1. The standard InChI is InChI=1S/C15H29NO2.ClH/c1-6-14(4,18)9-16-11-10-7-8-15(5,12(11)17)13(10,2)3;/h10-12,16-18H,6-9H2,1-5H3;1H. The van der Waals surface area contributed by atoms with Crippen LogP contribution in [-0.2, 0) is 0 Å². The van der Waals surface area contributed by atoms with Gasteiger partial charge in [-0.3, -0.25) is 0 Å². The maximum Gasteiger partial charge on any atom is 0.0754 e. The van der Waals surface area contributed by atoms with Crippen LogP contribution in [0.25, 0.3) is 0 Å². The highest BCUT2D eigenvalue weighted by Crippen LogP contribution is 2.65. The van der Waals surface area contributed by atoms with Gasteiger partial charge in [0, 0.05) is 18.0 Å². The first kappa shape index (κ1) is 17.2. The third-order valence-electron chi connectivity index (χ3n) is 6.28. The predicted molar refractivity (Wildman–Crippen MR) is 80.6 cm³/mol. The Kier molecular flexibility index (Phi) is 4.69. The van der Waals surface area contributed by atoms with Crippen LogP contribution < -0.4 is 5.32 Å². The molecule has 5 unspecified atom stereocenters. The Balaban J connectivity index is 0.00000180. The molecule has 0 aromatic heterocycles. The van der Waals surface area contributed by atoms with Crippen molar-refractivity contribution in [2.75, 3.05) is 6.54 Å². The monoisotopic (exact) mass is 291 g/mol. The second-order valence-corrected chi connectivity index (χ2v) is 7.49. The van der Waals surface area contributed by atoms with Gasteiger partial charge in [-0.05, 0) is 37.5 Å². The lowest BCUT2D eigenvalue weighted by atomic mass is 9.70. The van der Waals surface area contributed by atoms with Crippen LogP contribution in [0.5, 0.6) is 0 Å². The van der Waals surface area contributed by atoms with Gasteiger partial charge in [-0.1, -0.05) is 27.7 Å². The van der Waals surface area contributed by atoms with Gasteiger partial charge < -0.3 is 15.5 Å². The first-order valence-electron chi connectivity index (χ1n) is 7.29. The van der Waals surface area contributed by atoms with Gasteiger partial charge in [0.25, 0.3) is 0 Å². The number of hydrogen-bond acceptors (Lipinski definition) is 3. The second-order valence-electron chi connectivity index (χ2n) is 7.49. The minimum atomic E-state index is -0.674. The highest BCUT2D eigenvalue weighted by molar-refractivity contribution is 5.85. The Hall–Kier alpha value is 0.170. The summed E-state index contributed by atoms with van der Waals surface area (Å²) >= 11 is 0. The number of aliphatic hydroxyl groups is 2. The largest absolute Gasteiger partial charge is 0.391 e. The molecule has 2 aliphatic rings. The van der Waals surface area contributed by atoms with Crippen LogP contribution in [0.1, 0.15) is 53.9 Å².